The fraction of sp³-hybridized carbons (Fsp3) is 0.286. The highest BCUT2D eigenvalue weighted by Crippen LogP contribution is 2.33. The Hall–Kier alpha value is -3.07. The molecule has 0 fully saturated rings. The summed E-state index contributed by atoms with van der Waals surface area (Å²) < 4.78 is 28.5. The van der Waals surface area contributed by atoms with E-state index in [1.807, 2.05) is 37.3 Å². The third-order valence-electron chi connectivity index (χ3n) is 5.99. The minimum atomic E-state index is -4.21. The van der Waals surface area contributed by atoms with Gasteiger partial charge in [0.15, 0.2) is 0 Å². The predicted molar refractivity (Wildman–Crippen MR) is 152 cm³/mol. The van der Waals surface area contributed by atoms with Gasteiger partial charge in [-0.05, 0) is 55.7 Å². The Balaban J connectivity index is 1.99. The van der Waals surface area contributed by atoms with E-state index in [2.05, 4.69) is 5.32 Å². The van der Waals surface area contributed by atoms with Crippen LogP contribution in [0.5, 0.6) is 0 Å². The Bertz CT molecular complexity index is 1340. The van der Waals surface area contributed by atoms with E-state index in [9.17, 15) is 18.0 Å². The van der Waals surface area contributed by atoms with Crippen molar-refractivity contribution in [2.75, 3.05) is 23.9 Å². The van der Waals surface area contributed by atoms with Gasteiger partial charge in [-0.1, -0.05) is 78.7 Å². The lowest BCUT2D eigenvalue weighted by Gasteiger charge is -2.32. The fourth-order valence-electron chi connectivity index (χ4n) is 3.88. The van der Waals surface area contributed by atoms with E-state index in [0.717, 1.165) is 16.3 Å². The molecule has 10 heteroatoms. The van der Waals surface area contributed by atoms with Crippen LogP contribution in [0.2, 0.25) is 10.0 Å². The molecule has 0 aliphatic rings. The highest BCUT2D eigenvalue weighted by molar-refractivity contribution is 7.92. The zero-order chi connectivity index (χ0) is 27.7. The van der Waals surface area contributed by atoms with Crippen LogP contribution < -0.4 is 9.62 Å². The molecule has 0 radical (unpaired) electrons. The number of benzene rings is 3. The quantitative estimate of drug-likeness (QED) is 0.322. The number of anilines is 1. The van der Waals surface area contributed by atoms with Crippen molar-refractivity contribution in [2.24, 2.45) is 0 Å². The minimum Gasteiger partial charge on any atom is -0.354 e. The van der Waals surface area contributed by atoms with E-state index in [4.69, 9.17) is 23.2 Å². The van der Waals surface area contributed by atoms with Crippen molar-refractivity contribution in [2.45, 2.75) is 37.6 Å². The molecule has 202 valence electrons. The Morgan fingerprint density at radius 1 is 0.947 bits per heavy atom. The van der Waals surface area contributed by atoms with Crippen molar-refractivity contribution >= 4 is 50.7 Å². The smallest absolute Gasteiger partial charge is 0.264 e. The van der Waals surface area contributed by atoms with E-state index in [1.54, 1.807) is 25.1 Å². The SMILES string of the molecule is CCCNC(=O)[C@H](C)N(CCc1ccccc1)C(=O)CN(c1cc(Cl)ccc1Cl)S(=O)(=O)c1ccccc1. The topological polar surface area (TPSA) is 86.8 Å². The molecular weight excluding hydrogens is 545 g/mol. The lowest BCUT2D eigenvalue weighted by Crippen LogP contribution is -2.52. The van der Waals surface area contributed by atoms with E-state index >= 15 is 0 Å². The zero-order valence-electron chi connectivity index (χ0n) is 21.3. The van der Waals surface area contributed by atoms with E-state index < -0.39 is 28.5 Å². The van der Waals surface area contributed by atoms with Gasteiger partial charge in [0.25, 0.3) is 10.0 Å². The fourth-order valence-corrected chi connectivity index (χ4v) is 5.76. The van der Waals surface area contributed by atoms with Crippen LogP contribution >= 0.6 is 23.2 Å². The highest BCUT2D eigenvalue weighted by Gasteiger charge is 2.33. The molecular formula is C28H31Cl2N3O4S. The van der Waals surface area contributed by atoms with E-state index in [0.29, 0.717) is 13.0 Å². The molecule has 0 aliphatic carbocycles. The summed E-state index contributed by atoms with van der Waals surface area (Å²) in [5.41, 5.74) is 1.06. The summed E-state index contributed by atoms with van der Waals surface area (Å²) in [6.07, 6.45) is 1.23. The van der Waals surface area contributed by atoms with Gasteiger partial charge in [-0.3, -0.25) is 13.9 Å². The van der Waals surface area contributed by atoms with Gasteiger partial charge < -0.3 is 10.2 Å². The van der Waals surface area contributed by atoms with Gasteiger partial charge in [0.2, 0.25) is 11.8 Å². The summed E-state index contributed by atoms with van der Waals surface area (Å²) in [5.74, 6) is -0.859. The molecule has 3 aromatic rings. The van der Waals surface area contributed by atoms with Crippen LogP contribution in [0.4, 0.5) is 5.69 Å². The number of nitrogens with one attached hydrogen (secondary N) is 1. The average Bonchev–Trinajstić information content (AvgIpc) is 2.92. The Morgan fingerprint density at radius 3 is 2.21 bits per heavy atom. The molecule has 0 saturated heterocycles. The normalized spacial score (nSPS) is 12.0. The van der Waals surface area contributed by atoms with Crippen molar-refractivity contribution in [3.63, 3.8) is 0 Å². The van der Waals surface area contributed by atoms with Crippen LogP contribution in [0.25, 0.3) is 0 Å². The maximum atomic E-state index is 13.8. The molecule has 0 unspecified atom stereocenters. The van der Waals surface area contributed by atoms with Crippen molar-refractivity contribution in [3.05, 3.63) is 94.5 Å². The summed E-state index contributed by atoms with van der Waals surface area (Å²) >= 11 is 12.6. The number of hydrogen-bond donors (Lipinski definition) is 1. The second kappa shape index (κ2) is 13.6. The first-order valence-electron chi connectivity index (χ1n) is 12.3. The number of rotatable bonds is 12. The lowest BCUT2D eigenvalue weighted by atomic mass is 10.1. The van der Waals surface area contributed by atoms with Gasteiger partial charge in [-0.25, -0.2) is 8.42 Å². The summed E-state index contributed by atoms with van der Waals surface area (Å²) in [4.78, 5) is 28.1. The molecule has 3 rings (SSSR count). The molecule has 3 aromatic carbocycles. The second-order valence-corrected chi connectivity index (χ2v) is 11.4. The molecule has 1 N–H and O–H groups in total. The monoisotopic (exact) mass is 575 g/mol. The summed E-state index contributed by atoms with van der Waals surface area (Å²) in [7, 11) is -4.21. The number of nitrogens with zero attached hydrogens (tertiary/aromatic N) is 2. The van der Waals surface area contributed by atoms with Gasteiger partial charge in [0.1, 0.15) is 12.6 Å². The molecule has 7 nitrogen and oxygen atoms in total. The Labute approximate surface area is 234 Å². The van der Waals surface area contributed by atoms with Gasteiger partial charge in [-0.15, -0.1) is 0 Å². The molecule has 0 bridgehead atoms. The van der Waals surface area contributed by atoms with Crippen molar-refractivity contribution < 1.29 is 18.0 Å². The summed E-state index contributed by atoms with van der Waals surface area (Å²) in [6.45, 7) is 3.68. The molecule has 0 saturated carbocycles. The number of carbonyl (C=O) groups excluding carboxylic acids is 2. The van der Waals surface area contributed by atoms with Crippen LogP contribution in [0, 0.1) is 0 Å². The van der Waals surface area contributed by atoms with Crippen LogP contribution in [0.15, 0.2) is 83.8 Å². The van der Waals surface area contributed by atoms with Crippen LogP contribution in [-0.2, 0) is 26.0 Å². The second-order valence-electron chi connectivity index (χ2n) is 8.71. The molecule has 1 atom stereocenters. The third kappa shape index (κ3) is 7.49. The van der Waals surface area contributed by atoms with Gasteiger partial charge in [0.05, 0.1) is 15.6 Å². The first kappa shape index (κ1) is 29.5. The number of hydrogen-bond acceptors (Lipinski definition) is 4. The summed E-state index contributed by atoms with van der Waals surface area (Å²) in [6, 6.07) is 20.9. The standard InChI is InChI=1S/C28H31Cl2N3O4S/c1-3-17-31-28(35)21(2)32(18-16-22-10-6-4-7-11-22)27(34)20-33(26-19-23(29)14-15-25(26)30)38(36,37)24-12-8-5-9-13-24/h4-15,19,21H,3,16-18,20H2,1-2H3,(H,31,35)/t21-/m0/s1. The predicted octanol–water partition coefficient (Wildman–Crippen LogP) is 5.17. The van der Waals surface area contributed by atoms with Crippen molar-refractivity contribution in [3.8, 4) is 0 Å². The van der Waals surface area contributed by atoms with E-state index in [1.165, 1.54) is 35.2 Å². The summed E-state index contributed by atoms with van der Waals surface area (Å²) in [5, 5.41) is 3.20. The average molecular weight is 577 g/mol. The lowest BCUT2D eigenvalue weighted by molar-refractivity contribution is -0.138. The van der Waals surface area contributed by atoms with E-state index in [-0.39, 0.29) is 33.1 Å². The first-order valence-corrected chi connectivity index (χ1v) is 14.5. The number of carbonyl (C=O) groups is 2. The maximum Gasteiger partial charge on any atom is 0.264 e. The zero-order valence-corrected chi connectivity index (χ0v) is 23.6. The number of sulfonamides is 1. The van der Waals surface area contributed by atoms with Crippen LogP contribution in [0.3, 0.4) is 0 Å². The molecule has 0 spiro atoms. The molecule has 0 aliphatic heterocycles. The molecule has 0 heterocycles. The Kier molecular flexibility index (Phi) is 10.6. The molecule has 38 heavy (non-hydrogen) atoms. The van der Waals surface area contributed by atoms with Gasteiger partial charge in [0, 0.05) is 18.1 Å². The van der Waals surface area contributed by atoms with Gasteiger partial charge in [-0.2, -0.15) is 0 Å². The highest BCUT2D eigenvalue weighted by atomic mass is 35.5. The minimum absolute atomic E-state index is 0.00610. The van der Waals surface area contributed by atoms with Crippen LogP contribution in [-0.4, -0.2) is 50.8 Å². The van der Waals surface area contributed by atoms with Crippen LogP contribution in [0.1, 0.15) is 25.8 Å². The maximum absolute atomic E-state index is 13.8. The van der Waals surface area contributed by atoms with Crippen molar-refractivity contribution in [1.82, 2.24) is 10.2 Å². The Morgan fingerprint density at radius 2 is 1.58 bits per heavy atom. The first-order chi connectivity index (χ1) is 18.1. The molecule has 2 amide bonds. The van der Waals surface area contributed by atoms with Crippen molar-refractivity contribution in [1.29, 1.82) is 0 Å². The number of amides is 2. The largest absolute Gasteiger partial charge is 0.354 e. The van der Waals surface area contributed by atoms with Gasteiger partial charge >= 0.3 is 0 Å². The number of halogens is 2. The third-order valence-corrected chi connectivity index (χ3v) is 8.32. The molecule has 0 aromatic heterocycles.